The summed E-state index contributed by atoms with van der Waals surface area (Å²) in [5, 5.41) is 0.736. The Labute approximate surface area is 125 Å². The number of nitrogens with zero attached hydrogens (tertiary/aromatic N) is 1. The standard InChI is InChI=1S/C16H21ClN2O/c1-12-14(7-9-20-12)11-19(2)8-6-16(18)13-4-3-5-15(17)10-13/h3-5,7,9-10,16H,6,8,11,18H2,1-2H3. The second kappa shape index (κ2) is 6.93. The molecule has 0 amide bonds. The molecule has 1 heterocycles. The third-order valence-electron chi connectivity index (χ3n) is 3.51. The quantitative estimate of drug-likeness (QED) is 0.881. The molecule has 108 valence electrons. The van der Waals surface area contributed by atoms with E-state index in [1.807, 2.05) is 37.3 Å². The van der Waals surface area contributed by atoms with E-state index in [9.17, 15) is 0 Å². The highest BCUT2D eigenvalue weighted by Crippen LogP contribution is 2.19. The maximum atomic E-state index is 6.21. The van der Waals surface area contributed by atoms with E-state index in [4.69, 9.17) is 21.8 Å². The largest absolute Gasteiger partial charge is 0.469 e. The van der Waals surface area contributed by atoms with Gasteiger partial charge in [0.1, 0.15) is 5.76 Å². The highest BCUT2D eigenvalue weighted by molar-refractivity contribution is 6.30. The van der Waals surface area contributed by atoms with E-state index in [2.05, 4.69) is 11.9 Å². The number of hydrogen-bond donors (Lipinski definition) is 1. The van der Waals surface area contributed by atoms with E-state index in [0.717, 1.165) is 35.9 Å². The van der Waals surface area contributed by atoms with Gasteiger partial charge in [-0.05, 0) is 50.7 Å². The Morgan fingerprint density at radius 2 is 2.15 bits per heavy atom. The maximum Gasteiger partial charge on any atom is 0.105 e. The minimum absolute atomic E-state index is 0.0154. The number of hydrogen-bond acceptors (Lipinski definition) is 3. The Hall–Kier alpha value is -1.29. The molecule has 0 bridgehead atoms. The molecule has 0 aliphatic carbocycles. The van der Waals surface area contributed by atoms with E-state index in [-0.39, 0.29) is 6.04 Å². The van der Waals surface area contributed by atoms with Crippen LogP contribution >= 0.6 is 11.6 Å². The molecule has 2 rings (SSSR count). The SMILES string of the molecule is Cc1occc1CN(C)CCC(N)c1cccc(Cl)c1. The lowest BCUT2D eigenvalue weighted by atomic mass is 10.0. The van der Waals surface area contributed by atoms with Gasteiger partial charge >= 0.3 is 0 Å². The molecule has 3 nitrogen and oxygen atoms in total. The number of rotatable bonds is 6. The normalized spacial score (nSPS) is 12.8. The fourth-order valence-electron chi connectivity index (χ4n) is 2.21. The maximum absolute atomic E-state index is 6.21. The number of halogens is 1. The first-order chi connectivity index (χ1) is 9.56. The molecule has 0 aliphatic rings. The van der Waals surface area contributed by atoms with Crippen molar-refractivity contribution in [1.82, 2.24) is 4.90 Å². The van der Waals surface area contributed by atoms with E-state index < -0.39 is 0 Å². The minimum Gasteiger partial charge on any atom is -0.469 e. The third-order valence-corrected chi connectivity index (χ3v) is 3.74. The first-order valence-electron chi connectivity index (χ1n) is 6.79. The number of aryl methyl sites for hydroxylation is 1. The molecule has 1 unspecified atom stereocenters. The molecule has 0 fully saturated rings. The van der Waals surface area contributed by atoms with Crippen molar-refractivity contribution in [3.8, 4) is 0 Å². The summed E-state index contributed by atoms with van der Waals surface area (Å²) in [7, 11) is 2.09. The van der Waals surface area contributed by atoms with E-state index in [1.54, 1.807) is 6.26 Å². The summed E-state index contributed by atoms with van der Waals surface area (Å²) in [5.74, 6) is 0.982. The summed E-state index contributed by atoms with van der Waals surface area (Å²) in [5.41, 5.74) is 8.53. The molecule has 0 spiro atoms. The minimum atomic E-state index is 0.0154. The topological polar surface area (TPSA) is 42.4 Å². The zero-order valence-electron chi connectivity index (χ0n) is 12.0. The number of benzene rings is 1. The van der Waals surface area contributed by atoms with Crippen molar-refractivity contribution in [3.05, 3.63) is 58.5 Å². The Bertz CT molecular complexity index is 553. The molecular weight excluding hydrogens is 272 g/mol. The zero-order chi connectivity index (χ0) is 14.5. The smallest absolute Gasteiger partial charge is 0.105 e. The Morgan fingerprint density at radius 3 is 2.80 bits per heavy atom. The van der Waals surface area contributed by atoms with Gasteiger partial charge in [-0.15, -0.1) is 0 Å². The molecule has 0 radical (unpaired) electrons. The van der Waals surface area contributed by atoms with E-state index in [1.165, 1.54) is 5.56 Å². The molecule has 1 atom stereocenters. The molecular formula is C16H21ClN2O. The molecule has 1 aromatic heterocycles. The average Bonchev–Trinajstić information content (AvgIpc) is 2.81. The molecule has 1 aromatic carbocycles. The van der Waals surface area contributed by atoms with Crippen LogP contribution in [0.1, 0.15) is 29.3 Å². The van der Waals surface area contributed by atoms with Crippen LogP contribution in [0.5, 0.6) is 0 Å². The number of nitrogens with two attached hydrogens (primary N) is 1. The molecule has 0 aliphatic heterocycles. The Morgan fingerprint density at radius 1 is 1.35 bits per heavy atom. The summed E-state index contributed by atoms with van der Waals surface area (Å²) in [6.07, 6.45) is 2.63. The summed E-state index contributed by atoms with van der Waals surface area (Å²) in [4.78, 5) is 2.25. The fourth-order valence-corrected chi connectivity index (χ4v) is 2.41. The van der Waals surface area contributed by atoms with Crippen LogP contribution in [0.3, 0.4) is 0 Å². The highest BCUT2D eigenvalue weighted by atomic mass is 35.5. The monoisotopic (exact) mass is 292 g/mol. The summed E-state index contributed by atoms with van der Waals surface area (Å²) in [6, 6.07) is 9.80. The summed E-state index contributed by atoms with van der Waals surface area (Å²) < 4.78 is 5.31. The predicted octanol–water partition coefficient (Wildman–Crippen LogP) is 3.76. The van der Waals surface area contributed by atoms with Crippen LogP contribution < -0.4 is 5.73 Å². The number of furan rings is 1. The lowest BCUT2D eigenvalue weighted by molar-refractivity contribution is 0.309. The molecule has 2 aromatic rings. The van der Waals surface area contributed by atoms with Gasteiger partial charge in [-0.2, -0.15) is 0 Å². The van der Waals surface area contributed by atoms with Gasteiger partial charge in [0.2, 0.25) is 0 Å². The predicted molar refractivity (Wildman–Crippen MR) is 82.8 cm³/mol. The van der Waals surface area contributed by atoms with Gasteiger partial charge < -0.3 is 15.1 Å². The van der Waals surface area contributed by atoms with Crippen molar-refractivity contribution in [1.29, 1.82) is 0 Å². The van der Waals surface area contributed by atoms with Crippen LogP contribution in [-0.2, 0) is 6.54 Å². The van der Waals surface area contributed by atoms with Crippen LogP contribution in [0, 0.1) is 6.92 Å². The first-order valence-corrected chi connectivity index (χ1v) is 7.16. The van der Waals surface area contributed by atoms with Gasteiger partial charge in [0.15, 0.2) is 0 Å². The van der Waals surface area contributed by atoms with Crippen LogP contribution in [-0.4, -0.2) is 18.5 Å². The van der Waals surface area contributed by atoms with Crippen molar-refractivity contribution in [2.75, 3.05) is 13.6 Å². The van der Waals surface area contributed by atoms with Crippen molar-refractivity contribution in [2.24, 2.45) is 5.73 Å². The third kappa shape index (κ3) is 4.10. The zero-order valence-corrected chi connectivity index (χ0v) is 12.7. The second-order valence-electron chi connectivity index (χ2n) is 5.19. The van der Waals surface area contributed by atoms with E-state index in [0.29, 0.717) is 0 Å². The average molecular weight is 293 g/mol. The molecule has 2 N–H and O–H groups in total. The lowest BCUT2D eigenvalue weighted by Gasteiger charge is -2.19. The fraction of sp³-hybridized carbons (Fsp3) is 0.375. The van der Waals surface area contributed by atoms with Gasteiger partial charge in [0.05, 0.1) is 6.26 Å². The highest BCUT2D eigenvalue weighted by Gasteiger charge is 2.10. The molecule has 0 saturated heterocycles. The van der Waals surface area contributed by atoms with Crippen molar-refractivity contribution in [3.63, 3.8) is 0 Å². The first kappa shape index (κ1) is 15.1. The second-order valence-corrected chi connectivity index (χ2v) is 5.63. The Balaban J connectivity index is 1.84. The van der Waals surface area contributed by atoms with Crippen molar-refractivity contribution < 1.29 is 4.42 Å². The molecule has 20 heavy (non-hydrogen) atoms. The van der Waals surface area contributed by atoms with Crippen molar-refractivity contribution in [2.45, 2.75) is 25.9 Å². The van der Waals surface area contributed by atoms with Gasteiger partial charge in [-0.25, -0.2) is 0 Å². The molecule has 4 heteroatoms. The lowest BCUT2D eigenvalue weighted by Crippen LogP contribution is -2.23. The molecule has 0 saturated carbocycles. The van der Waals surface area contributed by atoms with Crippen LogP contribution in [0.4, 0.5) is 0 Å². The van der Waals surface area contributed by atoms with Crippen LogP contribution in [0.25, 0.3) is 0 Å². The Kier molecular flexibility index (Phi) is 5.24. The van der Waals surface area contributed by atoms with Crippen LogP contribution in [0.15, 0.2) is 41.0 Å². The van der Waals surface area contributed by atoms with Crippen molar-refractivity contribution >= 4 is 11.6 Å². The van der Waals surface area contributed by atoms with Gasteiger partial charge in [0.25, 0.3) is 0 Å². The van der Waals surface area contributed by atoms with Gasteiger partial charge in [0, 0.05) is 23.2 Å². The van der Waals surface area contributed by atoms with Crippen LogP contribution in [0.2, 0.25) is 5.02 Å². The van der Waals surface area contributed by atoms with Gasteiger partial charge in [-0.3, -0.25) is 0 Å². The summed E-state index contributed by atoms with van der Waals surface area (Å²) in [6.45, 7) is 3.80. The summed E-state index contributed by atoms with van der Waals surface area (Å²) >= 11 is 5.99. The van der Waals surface area contributed by atoms with Gasteiger partial charge in [-0.1, -0.05) is 23.7 Å². The van der Waals surface area contributed by atoms with E-state index >= 15 is 0 Å².